The first-order chi connectivity index (χ1) is 13.6. The number of benzene rings is 1. The first-order valence-electron chi connectivity index (χ1n) is 11.1. The summed E-state index contributed by atoms with van der Waals surface area (Å²) in [7, 11) is 0. The van der Waals surface area contributed by atoms with Crippen LogP contribution in [0.5, 0.6) is 0 Å². The second-order valence-electron chi connectivity index (χ2n) is 9.11. The molecule has 0 spiro atoms. The molecule has 0 unspecified atom stereocenters. The maximum absolute atomic E-state index is 11.3. The molecule has 28 heavy (non-hydrogen) atoms. The molecule has 0 aliphatic heterocycles. The lowest BCUT2D eigenvalue weighted by Crippen LogP contribution is -2.43. The monoisotopic (exact) mass is 382 g/mol. The van der Waals surface area contributed by atoms with Crippen LogP contribution in [0.4, 0.5) is 0 Å². The third-order valence-corrected chi connectivity index (χ3v) is 7.04. The number of carboxylic acids is 1. The van der Waals surface area contributed by atoms with E-state index in [1.165, 1.54) is 24.8 Å². The lowest BCUT2D eigenvalue weighted by Gasteiger charge is -2.31. The highest BCUT2D eigenvalue weighted by Gasteiger charge is 2.50. The minimum Gasteiger partial charge on any atom is -0.481 e. The van der Waals surface area contributed by atoms with E-state index in [0.717, 1.165) is 32.1 Å². The van der Waals surface area contributed by atoms with Crippen molar-refractivity contribution >= 4 is 12.0 Å². The summed E-state index contributed by atoms with van der Waals surface area (Å²) in [6.45, 7) is 2.92. The van der Waals surface area contributed by atoms with Gasteiger partial charge in [0, 0.05) is 24.7 Å². The van der Waals surface area contributed by atoms with Gasteiger partial charge in [0.15, 0.2) is 0 Å². The van der Waals surface area contributed by atoms with E-state index in [1.54, 1.807) is 5.57 Å². The summed E-state index contributed by atoms with van der Waals surface area (Å²) in [5.41, 5.74) is 2.44. The van der Waals surface area contributed by atoms with Crippen molar-refractivity contribution in [1.29, 1.82) is 0 Å². The first-order valence-corrected chi connectivity index (χ1v) is 11.1. The molecule has 3 aliphatic carbocycles. The Morgan fingerprint density at radius 2 is 1.82 bits per heavy atom. The van der Waals surface area contributed by atoms with Gasteiger partial charge in [-0.25, -0.2) is 0 Å². The van der Waals surface area contributed by atoms with Gasteiger partial charge in [-0.05, 0) is 62.8 Å². The minimum absolute atomic E-state index is 0.446. The lowest BCUT2D eigenvalue weighted by atomic mass is 9.90. The Kier molecular flexibility index (Phi) is 5.88. The molecule has 4 nitrogen and oxygen atoms in total. The van der Waals surface area contributed by atoms with Crippen molar-refractivity contribution in [3.05, 3.63) is 41.5 Å². The highest BCUT2D eigenvalue weighted by molar-refractivity contribution is 5.78. The number of rotatable bonds is 9. The molecule has 3 saturated carbocycles. The van der Waals surface area contributed by atoms with E-state index in [0.29, 0.717) is 30.6 Å². The Balaban J connectivity index is 1.20. The third kappa shape index (κ3) is 4.66. The van der Waals surface area contributed by atoms with Gasteiger partial charge >= 0.3 is 5.97 Å². The van der Waals surface area contributed by atoms with Crippen LogP contribution in [-0.4, -0.2) is 35.7 Å². The Bertz CT molecular complexity index is 703. The zero-order valence-corrected chi connectivity index (χ0v) is 17.0. The normalized spacial score (nSPS) is 31.4. The molecule has 4 rings (SSSR count). The lowest BCUT2D eigenvalue weighted by molar-refractivity contribution is -0.143. The fraction of sp³-hybridized carbons (Fsp3) is 0.625. The largest absolute Gasteiger partial charge is 0.481 e. The van der Waals surface area contributed by atoms with Crippen LogP contribution in [0.1, 0.15) is 63.9 Å². The van der Waals surface area contributed by atoms with E-state index in [1.807, 2.05) is 0 Å². The van der Waals surface area contributed by atoms with E-state index in [4.69, 9.17) is 0 Å². The van der Waals surface area contributed by atoms with Crippen LogP contribution in [0.15, 0.2) is 35.9 Å². The smallest absolute Gasteiger partial charge is 0.310 e. The van der Waals surface area contributed by atoms with Gasteiger partial charge in [-0.3, -0.25) is 4.79 Å². The molecule has 3 N–H and O–H groups in total. The van der Waals surface area contributed by atoms with Crippen LogP contribution in [0, 0.1) is 11.3 Å². The van der Waals surface area contributed by atoms with Crippen molar-refractivity contribution in [3.63, 3.8) is 0 Å². The summed E-state index contributed by atoms with van der Waals surface area (Å²) in [6.07, 6.45) is 11.2. The predicted molar refractivity (Wildman–Crippen MR) is 113 cm³/mol. The Labute approximate surface area is 168 Å². The van der Waals surface area contributed by atoms with Gasteiger partial charge < -0.3 is 15.7 Å². The molecular weight excluding hydrogens is 348 g/mol. The summed E-state index contributed by atoms with van der Waals surface area (Å²) in [5.74, 6) is 0.0803. The molecule has 0 heterocycles. The molecule has 4 heteroatoms. The van der Waals surface area contributed by atoms with Gasteiger partial charge in [0.25, 0.3) is 0 Å². The molecule has 0 bridgehead atoms. The van der Waals surface area contributed by atoms with Crippen LogP contribution >= 0.6 is 0 Å². The van der Waals surface area contributed by atoms with Crippen molar-refractivity contribution in [2.75, 3.05) is 6.54 Å². The van der Waals surface area contributed by atoms with E-state index in [-0.39, 0.29) is 0 Å². The highest BCUT2D eigenvalue weighted by Crippen LogP contribution is 2.45. The standard InChI is InChI=1S/C24H34N2O2/c1-2-18(14-17-6-4-3-5-7-17)21-15-22(21)26-20-10-8-19(9-11-20)25-16-24(12-13-24)23(27)28/h3-7,14,19-22,25-26H,2,8-13,15-16H2,1H3,(H,27,28)/t19?,20?,21-,22+/m0/s1. The summed E-state index contributed by atoms with van der Waals surface area (Å²) in [6, 6.07) is 12.4. The quantitative estimate of drug-likeness (QED) is 0.598. The molecule has 3 fully saturated rings. The van der Waals surface area contributed by atoms with E-state index < -0.39 is 11.4 Å². The number of carbonyl (C=O) groups is 1. The summed E-state index contributed by atoms with van der Waals surface area (Å²) < 4.78 is 0. The second-order valence-corrected chi connectivity index (χ2v) is 9.11. The van der Waals surface area contributed by atoms with Crippen LogP contribution in [0.2, 0.25) is 0 Å². The molecule has 0 amide bonds. The molecule has 152 valence electrons. The zero-order valence-electron chi connectivity index (χ0n) is 17.0. The van der Waals surface area contributed by atoms with Crippen LogP contribution in [-0.2, 0) is 4.79 Å². The Morgan fingerprint density at radius 3 is 2.43 bits per heavy atom. The summed E-state index contributed by atoms with van der Waals surface area (Å²) in [4.78, 5) is 11.3. The fourth-order valence-corrected chi connectivity index (χ4v) is 4.75. The molecule has 0 radical (unpaired) electrons. The number of hydrogen-bond acceptors (Lipinski definition) is 3. The highest BCUT2D eigenvalue weighted by atomic mass is 16.4. The second kappa shape index (κ2) is 8.38. The molecule has 0 saturated heterocycles. The van der Waals surface area contributed by atoms with E-state index in [9.17, 15) is 9.90 Å². The number of aliphatic carboxylic acids is 1. The SMILES string of the molecule is CCC(=Cc1ccccc1)[C@@H]1C[C@H]1NC1CCC(NCC2(C(=O)O)CC2)CC1. The van der Waals surface area contributed by atoms with Crippen molar-refractivity contribution in [3.8, 4) is 0 Å². The summed E-state index contributed by atoms with van der Waals surface area (Å²) in [5, 5.41) is 16.8. The first kappa shape index (κ1) is 19.7. The maximum atomic E-state index is 11.3. The topological polar surface area (TPSA) is 61.4 Å². The third-order valence-electron chi connectivity index (χ3n) is 7.04. The molecular formula is C24H34N2O2. The fourth-order valence-electron chi connectivity index (χ4n) is 4.75. The van der Waals surface area contributed by atoms with Gasteiger partial charge in [0.2, 0.25) is 0 Å². The van der Waals surface area contributed by atoms with Gasteiger partial charge in [0.05, 0.1) is 5.41 Å². The maximum Gasteiger partial charge on any atom is 0.310 e. The molecule has 2 atom stereocenters. The average molecular weight is 383 g/mol. The number of hydrogen-bond donors (Lipinski definition) is 3. The van der Waals surface area contributed by atoms with Crippen LogP contribution < -0.4 is 10.6 Å². The average Bonchev–Trinajstić information content (AvgIpc) is 3.63. The molecule has 3 aliphatic rings. The summed E-state index contributed by atoms with van der Waals surface area (Å²) >= 11 is 0. The van der Waals surface area contributed by atoms with Gasteiger partial charge in [0.1, 0.15) is 0 Å². The van der Waals surface area contributed by atoms with Crippen molar-refractivity contribution in [1.82, 2.24) is 10.6 Å². The van der Waals surface area contributed by atoms with E-state index in [2.05, 4.69) is 54.0 Å². The molecule has 1 aromatic carbocycles. The van der Waals surface area contributed by atoms with Gasteiger partial charge in [-0.2, -0.15) is 0 Å². The van der Waals surface area contributed by atoms with E-state index >= 15 is 0 Å². The minimum atomic E-state index is -0.620. The number of nitrogens with one attached hydrogen (secondary N) is 2. The zero-order chi connectivity index (χ0) is 19.6. The predicted octanol–water partition coefficient (Wildman–Crippen LogP) is 4.22. The number of carboxylic acid groups (broad SMARTS) is 1. The van der Waals surface area contributed by atoms with Crippen molar-refractivity contribution in [2.24, 2.45) is 11.3 Å². The molecule has 0 aromatic heterocycles. The molecule has 1 aromatic rings. The van der Waals surface area contributed by atoms with Gasteiger partial charge in [-0.1, -0.05) is 48.9 Å². The van der Waals surface area contributed by atoms with Crippen molar-refractivity contribution < 1.29 is 9.90 Å². The Morgan fingerprint density at radius 1 is 1.14 bits per heavy atom. The van der Waals surface area contributed by atoms with Crippen LogP contribution in [0.25, 0.3) is 6.08 Å². The van der Waals surface area contributed by atoms with Crippen LogP contribution in [0.3, 0.4) is 0 Å². The van der Waals surface area contributed by atoms with Crippen molar-refractivity contribution in [2.45, 2.75) is 76.4 Å². The Hall–Kier alpha value is -1.65. The van der Waals surface area contributed by atoms with Gasteiger partial charge in [-0.15, -0.1) is 0 Å².